The Morgan fingerprint density at radius 1 is 1.18 bits per heavy atom. The molecule has 0 radical (unpaired) electrons. The zero-order valence-electron chi connectivity index (χ0n) is 19.5. The van der Waals surface area contributed by atoms with Crippen molar-refractivity contribution in [1.82, 2.24) is 15.3 Å². The number of carbonyl (C=O) groups excluding carboxylic acids is 1. The monoisotopic (exact) mass is 524 g/mol. The molecule has 1 N–H and O–H groups in total. The van der Waals surface area contributed by atoms with Gasteiger partial charge in [-0.3, -0.25) is 4.79 Å². The molecule has 3 aromatic rings. The van der Waals surface area contributed by atoms with E-state index in [-0.39, 0.29) is 12.0 Å². The Labute approximate surface area is 208 Å². The molecular formula is C26H29BrN4O3. The first-order chi connectivity index (χ1) is 16.5. The smallest absolute Gasteiger partial charge is 0.254 e. The van der Waals surface area contributed by atoms with Gasteiger partial charge in [-0.05, 0) is 62.1 Å². The summed E-state index contributed by atoms with van der Waals surface area (Å²) in [5.41, 5.74) is 2.63. The van der Waals surface area contributed by atoms with Gasteiger partial charge in [-0.15, -0.1) is 0 Å². The van der Waals surface area contributed by atoms with Crippen LogP contribution in [-0.4, -0.2) is 41.7 Å². The van der Waals surface area contributed by atoms with E-state index in [0.717, 1.165) is 46.5 Å². The van der Waals surface area contributed by atoms with Crippen LogP contribution in [0.5, 0.6) is 11.5 Å². The van der Waals surface area contributed by atoms with E-state index in [9.17, 15) is 4.79 Å². The second-order valence-corrected chi connectivity index (χ2v) is 9.15. The first-order valence-electron chi connectivity index (χ1n) is 11.5. The molecule has 1 aromatic heterocycles. The van der Waals surface area contributed by atoms with Gasteiger partial charge in [0.05, 0.1) is 18.7 Å². The number of para-hydroxylation sites is 2. The SMILES string of the molecule is CCOc1ccccc1OC1CCCN(c2ncc(C(=O)NCc3ccc(Br)cc3C)cn2)C1. The van der Waals surface area contributed by atoms with Crippen molar-refractivity contribution in [3.05, 3.63) is 76.0 Å². The number of ether oxygens (including phenoxy) is 2. The molecule has 2 aromatic carbocycles. The van der Waals surface area contributed by atoms with Crippen LogP contribution in [0.25, 0.3) is 0 Å². The zero-order valence-corrected chi connectivity index (χ0v) is 21.0. The van der Waals surface area contributed by atoms with Crippen LogP contribution in [0.4, 0.5) is 5.95 Å². The molecule has 1 aliphatic heterocycles. The Kier molecular flexibility index (Phi) is 8.00. The van der Waals surface area contributed by atoms with Gasteiger partial charge < -0.3 is 19.7 Å². The second-order valence-electron chi connectivity index (χ2n) is 8.23. The summed E-state index contributed by atoms with van der Waals surface area (Å²) in [7, 11) is 0. The van der Waals surface area contributed by atoms with Crippen LogP contribution >= 0.6 is 15.9 Å². The number of aromatic nitrogens is 2. The van der Waals surface area contributed by atoms with Crippen molar-refractivity contribution >= 4 is 27.8 Å². The molecule has 2 heterocycles. The van der Waals surface area contributed by atoms with Gasteiger partial charge in [0.2, 0.25) is 5.95 Å². The topological polar surface area (TPSA) is 76.6 Å². The van der Waals surface area contributed by atoms with Crippen LogP contribution in [0, 0.1) is 6.92 Å². The summed E-state index contributed by atoms with van der Waals surface area (Å²) in [4.78, 5) is 23.6. The summed E-state index contributed by atoms with van der Waals surface area (Å²) in [6.45, 7) is 6.55. The maximum atomic E-state index is 12.6. The molecule has 0 bridgehead atoms. The number of hydrogen-bond donors (Lipinski definition) is 1. The number of halogens is 1. The molecule has 0 aliphatic carbocycles. The Morgan fingerprint density at radius 2 is 1.94 bits per heavy atom. The van der Waals surface area contributed by atoms with Crippen LogP contribution in [0.3, 0.4) is 0 Å². The zero-order chi connectivity index (χ0) is 23.9. The molecule has 1 unspecified atom stereocenters. The summed E-state index contributed by atoms with van der Waals surface area (Å²) in [6.07, 6.45) is 5.10. The van der Waals surface area contributed by atoms with Gasteiger partial charge in [-0.2, -0.15) is 0 Å². The van der Waals surface area contributed by atoms with E-state index >= 15 is 0 Å². The summed E-state index contributed by atoms with van der Waals surface area (Å²) < 4.78 is 13.0. The van der Waals surface area contributed by atoms with Crippen molar-refractivity contribution in [3.63, 3.8) is 0 Å². The van der Waals surface area contributed by atoms with E-state index in [1.165, 1.54) is 0 Å². The van der Waals surface area contributed by atoms with Crippen molar-refractivity contribution in [1.29, 1.82) is 0 Å². The first-order valence-corrected chi connectivity index (χ1v) is 12.3. The van der Waals surface area contributed by atoms with Crippen LogP contribution in [0.15, 0.2) is 59.3 Å². The molecule has 1 atom stereocenters. The number of benzene rings is 2. The number of hydrogen-bond acceptors (Lipinski definition) is 6. The van der Waals surface area contributed by atoms with Crippen molar-refractivity contribution in [2.75, 3.05) is 24.6 Å². The molecule has 1 fully saturated rings. The minimum atomic E-state index is -0.193. The van der Waals surface area contributed by atoms with Gasteiger partial charge in [0.15, 0.2) is 11.5 Å². The highest BCUT2D eigenvalue weighted by atomic mass is 79.9. The first kappa shape index (κ1) is 24.0. The fourth-order valence-corrected chi connectivity index (χ4v) is 4.43. The Hall–Kier alpha value is -3.13. The molecule has 8 heteroatoms. The fourth-order valence-electron chi connectivity index (χ4n) is 3.95. The summed E-state index contributed by atoms with van der Waals surface area (Å²) in [5, 5.41) is 2.94. The quantitative estimate of drug-likeness (QED) is 0.450. The summed E-state index contributed by atoms with van der Waals surface area (Å²) in [6, 6.07) is 13.7. The van der Waals surface area contributed by atoms with Crippen LogP contribution in [-0.2, 0) is 6.54 Å². The molecule has 0 spiro atoms. The average Bonchev–Trinajstić information content (AvgIpc) is 2.85. The number of nitrogens with zero attached hydrogens (tertiary/aromatic N) is 3. The molecule has 7 nitrogen and oxygen atoms in total. The lowest BCUT2D eigenvalue weighted by Crippen LogP contribution is -2.42. The van der Waals surface area contributed by atoms with Gasteiger partial charge in [0.1, 0.15) is 6.10 Å². The third-order valence-electron chi connectivity index (χ3n) is 5.75. The van der Waals surface area contributed by atoms with Crippen molar-refractivity contribution in [2.45, 2.75) is 39.3 Å². The Morgan fingerprint density at radius 3 is 2.68 bits per heavy atom. The van der Waals surface area contributed by atoms with Gasteiger partial charge in [-0.1, -0.05) is 34.1 Å². The number of carbonyl (C=O) groups is 1. The number of aryl methyl sites for hydroxylation is 1. The molecule has 178 valence electrons. The maximum Gasteiger partial charge on any atom is 0.254 e. The third kappa shape index (κ3) is 6.05. The number of anilines is 1. The van der Waals surface area contributed by atoms with Gasteiger partial charge in [0, 0.05) is 30.0 Å². The van der Waals surface area contributed by atoms with E-state index in [4.69, 9.17) is 9.47 Å². The molecule has 1 amide bonds. The van der Waals surface area contributed by atoms with E-state index < -0.39 is 0 Å². The average molecular weight is 525 g/mol. The Balaban J connectivity index is 1.35. The molecule has 1 aliphatic rings. The fraction of sp³-hybridized carbons (Fsp3) is 0.346. The van der Waals surface area contributed by atoms with E-state index in [2.05, 4.69) is 36.1 Å². The van der Waals surface area contributed by atoms with Gasteiger partial charge in [0.25, 0.3) is 5.91 Å². The van der Waals surface area contributed by atoms with Crippen molar-refractivity contribution in [2.24, 2.45) is 0 Å². The minimum absolute atomic E-state index is 0.0103. The lowest BCUT2D eigenvalue weighted by Gasteiger charge is -2.33. The standard InChI is InChI=1S/C26H29BrN4O3/c1-3-33-23-8-4-5-9-24(23)34-22-7-6-12-31(17-22)26-29-15-20(16-30-26)25(32)28-14-19-10-11-21(27)13-18(19)2/h4-5,8-11,13,15-16,22H,3,6-7,12,14,17H2,1-2H3,(H,28,32). The van der Waals surface area contributed by atoms with Crippen LogP contribution in [0.2, 0.25) is 0 Å². The molecular weight excluding hydrogens is 496 g/mol. The second kappa shape index (κ2) is 11.3. The van der Waals surface area contributed by atoms with Crippen molar-refractivity contribution < 1.29 is 14.3 Å². The highest BCUT2D eigenvalue weighted by Crippen LogP contribution is 2.29. The maximum absolute atomic E-state index is 12.6. The lowest BCUT2D eigenvalue weighted by atomic mass is 10.1. The molecule has 34 heavy (non-hydrogen) atoms. The van der Waals surface area contributed by atoms with Crippen LogP contribution in [0.1, 0.15) is 41.3 Å². The van der Waals surface area contributed by atoms with Crippen LogP contribution < -0.4 is 19.7 Å². The predicted molar refractivity (Wildman–Crippen MR) is 136 cm³/mol. The van der Waals surface area contributed by atoms with E-state index in [0.29, 0.717) is 31.2 Å². The summed E-state index contributed by atoms with van der Waals surface area (Å²) in [5.74, 6) is 1.92. The molecule has 4 rings (SSSR count). The predicted octanol–water partition coefficient (Wildman–Crippen LogP) is 4.92. The number of piperidine rings is 1. The number of amides is 1. The van der Waals surface area contributed by atoms with E-state index in [1.54, 1.807) is 12.4 Å². The molecule has 0 saturated carbocycles. The minimum Gasteiger partial charge on any atom is -0.490 e. The summed E-state index contributed by atoms with van der Waals surface area (Å²) >= 11 is 3.46. The van der Waals surface area contributed by atoms with Gasteiger partial charge >= 0.3 is 0 Å². The lowest BCUT2D eigenvalue weighted by molar-refractivity contribution is 0.0950. The van der Waals surface area contributed by atoms with Gasteiger partial charge in [-0.25, -0.2) is 9.97 Å². The van der Waals surface area contributed by atoms with E-state index in [1.807, 2.05) is 56.3 Å². The molecule has 1 saturated heterocycles. The third-order valence-corrected chi connectivity index (χ3v) is 6.24. The number of rotatable bonds is 8. The highest BCUT2D eigenvalue weighted by Gasteiger charge is 2.24. The largest absolute Gasteiger partial charge is 0.490 e. The Bertz CT molecular complexity index is 1120. The normalized spacial score (nSPS) is 15.6. The number of nitrogens with one attached hydrogen (secondary N) is 1. The van der Waals surface area contributed by atoms with Crippen molar-refractivity contribution in [3.8, 4) is 11.5 Å². The highest BCUT2D eigenvalue weighted by molar-refractivity contribution is 9.10.